The van der Waals surface area contributed by atoms with Crippen molar-refractivity contribution in [1.82, 2.24) is 4.90 Å². The van der Waals surface area contributed by atoms with Crippen LogP contribution in [-0.2, 0) is 4.57 Å². The second-order valence-electron chi connectivity index (χ2n) is 6.88. The van der Waals surface area contributed by atoms with E-state index in [9.17, 15) is 14.2 Å². The van der Waals surface area contributed by atoms with Crippen LogP contribution in [-0.4, -0.2) is 39.2 Å². The molecule has 7 heteroatoms. The smallest absolute Gasteiger partial charge is 0.324 e. The Bertz CT molecular complexity index is 635. The average Bonchev–Trinajstić information content (AvgIpc) is 2.83. The summed E-state index contributed by atoms with van der Waals surface area (Å²) >= 11 is 0. The number of nitrogens with zero attached hydrogens (tertiary/aromatic N) is 1. The van der Waals surface area contributed by atoms with Gasteiger partial charge in [-0.3, -0.25) is 19.1 Å². The van der Waals surface area contributed by atoms with Gasteiger partial charge in [0.1, 0.15) is 0 Å². The maximum atomic E-state index is 12.2. The summed E-state index contributed by atoms with van der Waals surface area (Å²) in [5.41, 5.74) is 1.02. The molecule has 1 aromatic rings. The minimum absolute atomic E-state index is 0.00912. The number of imide groups is 1. The van der Waals surface area contributed by atoms with Gasteiger partial charge in [-0.05, 0) is 25.0 Å². The van der Waals surface area contributed by atoms with Crippen molar-refractivity contribution in [1.29, 1.82) is 0 Å². The summed E-state index contributed by atoms with van der Waals surface area (Å²) in [5, 5.41) is 0. The maximum Gasteiger partial charge on any atom is 0.325 e. The first-order valence-electron chi connectivity index (χ1n) is 9.40. The van der Waals surface area contributed by atoms with E-state index in [1.165, 1.54) is 4.90 Å². The minimum Gasteiger partial charge on any atom is -0.324 e. The lowest BCUT2D eigenvalue weighted by Crippen LogP contribution is -2.30. The number of carbonyl (C=O) groups excluding carboxylic acids is 2. The fraction of sp³-hybridized carbons (Fsp3) is 0.579. The predicted octanol–water partition coefficient (Wildman–Crippen LogP) is 3.97. The Hall–Kier alpha value is -1.49. The van der Waals surface area contributed by atoms with Crippen LogP contribution < -0.4 is 0 Å². The van der Waals surface area contributed by atoms with Crippen molar-refractivity contribution in [2.24, 2.45) is 0 Å². The quantitative estimate of drug-likeness (QED) is 0.324. The molecule has 0 aromatic heterocycles. The summed E-state index contributed by atoms with van der Waals surface area (Å²) in [5.74, 6) is -0.359. The van der Waals surface area contributed by atoms with Crippen molar-refractivity contribution in [2.45, 2.75) is 57.8 Å². The molecule has 2 N–H and O–H groups in total. The SMILES string of the molecule is O=C1c2ccccc2C(=O)N1CCCCCCCCCCCP(=O)(O)O. The monoisotopic (exact) mass is 381 g/mol. The number of carbonyl (C=O) groups is 2. The lowest BCUT2D eigenvalue weighted by molar-refractivity contribution is 0.0651. The van der Waals surface area contributed by atoms with E-state index in [0.717, 1.165) is 51.4 Å². The zero-order chi connectivity index (χ0) is 19.0. The Labute approximate surface area is 154 Å². The van der Waals surface area contributed by atoms with E-state index >= 15 is 0 Å². The Morgan fingerprint density at radius 3 is 1.62 bits per heavy atom. The highest BCUT2D eigenvalue weighted by Crippen LogP contribution is 2.35. The van der Waals surface area contributed by atoms with E-state index in [1.54, 1.807) is 24.3 Å². The number of unbranched alkanes of at least 4 members (excludes halogenated alkanes) is 8. The van der Waals surface area contributed by atoms with Crippen LogP contribution >= 0.6 is 7.60 Å². The van der Waals surface area contributed by atoms with Crippen LogP contribution in [0.15, 0.2) is 24.3 Å². The molecule has 144 valence electrons. The van der Waals surface area contributed by atoms with Crippen LogP contribution in [0.4, 0.5) is 0 Å². The first-order valence-corrected chi connectivity index (χ1v) is 11.2. The molecular weight excluding hydrogens is 353 g/mol. The molecule has 2 rings (SSSR count). The van der Waals surface area contributed by atoms with Crippen molar-refractivity contribution in [3.8, 4) is 0 Å². The lowest BCUT2D eigenvalue weighted by atomic mass is 10.1. The lowest BCUT2D eigenvalue weighted by Gasteiger charge is -2.13. The molecule has 0 atom stereocenters. The van der Waals surface area contributed by atoms with E-state index in [-0.39, 0.29) is 18.0 Å². The normalized spacial score (nSPS) is 14.2. The van der Waals surface area contributed by atoms with Gasteiger partial charge in [0.2, 0.25) is 0 Å². The Morgan fingerprint density at radius 1 is 0.731 bits per heavy atom. The van der Waals surface area contributed by atoms with Crippen molar-refractivity contribution in [2.75, 3.05) is 12.7 Å². The van der Waals surface area contributed by atoms with Crippen molar-refractivity contribution < 1.29 is 23.9 Å². The molecule has 6 nitrogen and oxygen atoms in total. The second-order valence-corrected chi connectivity index (χ2v) is 8.65. The van der Waals surface area contributed by atoms with E-state index < -0.39 is 7.60 Å². The van der Waals surface area contributed by atoms with Gasteiger partial charge in [-0.15, -0.1) is 0 Å². The van der Waals surface area contributed by atoms with Crippen LogP contribution in [0.5, 0.6) is 0 Å². The Morgan fingerprint density at radius 2 is 1.15 bits per heavy atom. The zero-order valence-corrected chi connectivity index (χ0v) is 16.0. The summed E-state index contributed by atoms with van der Waals surface area (Å²) < 4.78 is 10.7. The van der Waals surface area contributed by atoms with E-state index in [0.29, 0.717) is 24.1 Å². The molecule has 0 bridgehead atoms. The molecule has 1 aromatic carbocycles. The Balaban J connectivity index is 1.50. The highest BCUT2D eigenvalue weighted by Gasteiger charge is 2.34. The van der Waals surface area contributed by atoms with Gasteiger partial charge in [0.15, 0.2) is 0 Å². The fourth-order valence-corrected chi connectivity index (χ4v) is 3.90. The molecule has 2 amide bonds. The number of benzene rings is 1. The van der Waals surface area contributed by atoms with Gasteiger partial charge in [0.05, 0.1) is 11.1 Å². The highest BCUT2D eigenvalue weighted by molar-refractivity contribution is 7.51. The fourth-order valence-electron chi connectivity index (χ4n) is 3.27. The van der Waals surface area contributed by atoms with Crippen LogP contribution in [0.2, 0.25) is 0 Å². The third kappa shape index (κ3) is 6.35. The molecule has 1 heterocycles. The molecule has 26 heavy (non-hydrogen) atoms. The summed E-state index contributed by atoms with van der Waals surface area (Å²) in [7, 11) is -3.83. The maximum absolute atomic E-state index is 12.2. The van der Waals surface area contributed by atoms with Crippen molar-refractivity contribution in [3.63, 3.8) is 0 Å². The van der Waals surface area contributed by atoms with Gasteiger partial charge < -0.3 is 9.79 Å². The van der Waals surface area contributed by atoms with Crippen LogP contribution in [0.25, 0.3) is 0 Å². The van der Waals surface area contributed by atoms with Gasteiger partial charge in [-0.2, -0.15) is 0 Å². The summed E-state index contributed by atoms with van der Waals surface area (Å²) in [4.78, 5) is 43.3. The Kier molecular flexibility index (Phi) is 8.01. The number of rotatable bonds is 12. The standard InChI is InChI=1S/C19H28NO5P/c21-18-16-12-8-9-13-17(16)19(22)20(18)14-10-6-4-2-1-3-5-7-11-15-26(23,24)25/h8-9,12-13H,1-7,10-11,14-15H2,(H2,23,24,25). The molecule has 1 aliphatic rings. The number of hydrogen-bond donors (Lipinski definition) is 2. The zero-order valence-electron chi connectivity index (χ0n) is 15.1. The first kappa shape index (κ1) is 20.8. The van der Waals surface area contributed by atoms with Gasteiger partial charge >= 0.3 is 7.60 Å². The van der Waals surface area contributed by atoms with Gasteiger partial charge in [-0.25, -0.2) is 0 Å². The predicted molar refractivity (Wildman–Crippen MR) is 100 cm³/mol. The summed E-state index contributed by atoms with van der Waals surface area (Å²) in [6.45, 7) is 0.481. The van der Waals surface area contributed by atoms with Crippen molar-refractivity contribution >= 4 is 19.4 Å². The molecule has 0 saturated carbocycles. The van der Waals surface area contributed by atoms with Crippen LogP contribution in [0.3, 0.4) is 0 Å². The molecule has 0 aliphatic carbocycles. The molecular formula is C19H28NO5P. The van der Waals surface area contributed by atoms with Gasteiger partial charge in [-0.1, -0.05) is 57.1 Å². The molecule has 0 fully saturated rings. The number of amides is 2. The summed E-state index contributed by atoms with van der Waals surface area (Å²) in [6.07, 6.45) is 8.66. The summed E-state index contributed by atoms with van der Waals surface area (Å²) in [6, 6.07) is 6.96. The number of hydrogen-bond acceptors (Lipinski definition) is 3. The van der Waals surface area contributed by atoms with E-state index in [4.69, 9.17) is 9.79 Å². The topological polar surface area (TPSA) is 94.9 Å². The third-order valence-electron chi connectivity index (χ3n) is 4.71. The molecule has 0 radical (unpaired) electrons. The first-order chi connectivity index (χ1) is 12.4. The molecule has 1 aliphatic heterocycles. The average molecular weight is 381 g/mol. The second kappa shape index (κ2) is 10.0. The van der Waals surface area contributed by atoms with Crippen molar-refractivity contribution in [3.05, 3.63) is 35.4 Å². The molecule has 0 saturated heterocycles. The van der Waals surface area contributed by atoms with Crippen LogP contribution in [0.1, 0.15) is 78.5 Å². The van der Waals surface area contributed by atoms with E-state index in [1.807, 2.05) is 0 Å². The van der Waals surface area contributed by atoms with E-state index in [2.05, 4.69) is 0 Å². The molecule has 0 unspecified atom stereocenters. The minimum atomic E-state index is -3.83. The third-order valence-corrected chi connectivity index (χ3v) is 5.61. The highest BCUT2D eigenvalue weighted by atomic mass is 31.2. The van der Waals surface area contributed by atoms with Crippen LogP contribution in [0, 0.1) is 0 Å². The largest absolute Gasteiger partial charge is 0.325 e. The number of fused-ring (bicyclic) bond motifs is 1. The van der Waals surface area contributed by atoms with Gasteiger partial charge in [0.25, 0.3) is 11.8 Å². The molecule has 0 spiro atoms. The van der Waals surface area contributed by atoms with Gasteiger partial charge in [0, 0.05) is 12.7 Å².